The Morgan fingerprint density at radius 2 is 1.88 bits per heavy atom. The van der Waals surface area contributed by atoms with Crippen molar-refractivity contribution in [3.8, 4) is 5.75 Å². The average Bonchev–Trinajstić information content (AvgIpc) is 2.25. The zero-order valence-electron chi connectivity index (χ0n) is 9.27. The quantitative estimate of drug-likeness (QED) is 0.753. The van der Waals surface area contributed by atoms with Gasteiger partial charge in [0.1, 0.15) is 5.75 Å². The minimum absolute atomic E-state index is 0.295. The Bertz CT molecular complexity index is 506. The van der Waals surface area contributed by atoms with E-state index in [1.165, 1.54) is 0 Å². The minimum atomic E-state index is 0.295. The van der Waals surface area contributed by atoms with E-state index in [1.54, 1.807) is 12.1 Å². The number of anilines is 1. The first kappa shape index (κ1) is 10.6. The molecule has 0 unspecified atom stereocenters. The molecule has 0 radical (unpaired) electrons. The topological polar surface area (TPSA) is 46.2 Å². The molecule has 2 nitrogen and oxygen atoms in total. The summed E-state index contributed by atoms with van der Waals surface area (Å²) in [7, 11) is 0. The molecule has 0 atom stereocenters. The molecule has 0 saturated heterocycles. The van der Waals surface area contributed by atoms with Crippen molar-refractivity contribution in [2.24, 2.45) is 0 Å². The molecule has 0 aromatic heterocycles. The van der Waals surface area contributed by atoms with E-state index in [9.17, 15) is 5.11 Å². The van der Waals surface area contributed by atoms with Crippen LogP contribution in [0, 0.1) is 6.92 Å². The SMILES string of the molecule is Cc1cccc(Cc2cccc(O)c2)c1N. The van der Waals surface area contributed by atoms with E-state index < -0.39 is 0 Å². The van der Waals surface area contributed by atoms with E-state index in [0.717, 1.165) is 28.8 Å². The fourth-order valence-electron chi connectivity index (χ4n) is 1.78. The van der Waals surface area contributed by atoms with Gasteiger partial charge in [-0.2, -0.15) is 0 Å². The standard InChI is InChI=1S/C14H15NO/c1-10-4-2-6-12(14(10)15)8-11-5-3-7-13(16)9-11/h2-7,9,16H,8,15H2,1H3. The molecule has 0 fully saturated rings. The van der Waals surface area contributed by atoms with E-state index in [1.807, 2.05) is 37.3 Å². The van der Waals surface area contributed by atoms with Crippen LogP contribution in [0.3, 0.4) is 0 Å². The Labute approximate surface area is 95.4 Å². The van der Waals surface area contributed by atoms with E-state index in [0.29, 0.717) is 5.75 Å². The fraction of sp³-hybridized carbons (Fsp3) is 0.143. The van der Waals surface area contributed by atoms with Gasteiger partial charge < -0.3 is 10.8 Å². The van der Waals surface area contributed by atoms with Gasteiger partial charge >= 0.3 is 0 Å². The van der Waals surface area contributed by atoms with Crippen LogP contribution >= 0.6 is 0 Å². The lowest BCUT2D eigenvalue weighted by atomic mass is 10.0. The largest absolute Gasteiger partial charge is 0.508 e. The monoisotopic (exact) mass is 213 g/mol. The lowest BCUT2D eigenvalue weighted by molar-refractivity contribution is 0.474. The minimum Gasteiger partial charge on any atom is -0.508 e. The molecule has 0 spiro atoms. The summed E-state index contributed by atoms with van der Waals surface area (Å²) in [5.41, 5.74) is 10.1. The maximum atomic E-state index is 9.38. The summed E-state index contributed by atoms with van der Waals surface area (Å²) in [6.45, 7) is 2.00. The van der Waals surface area contributed by atoms with Gasteiger partial charge in [-0.3, -0.25) is 0 Å². The van der Waals surface area contributed by atoms with Gasteiger partial charge in [-0.1, -0.05) is 30.3 Å². The molecular weight excluding hydrogens is 198 g/mol. The third-order valence-corrected chi connectivity index (χ3v) is 2.72. The molecule has 16 heavy (non-hydrogen) atoms. The fourth-order valence-corrected chi connectivity index (χ4v) is 1.78. The second kappa shape index (κ2) is 4.27. The average molecular weight is 213 g/mol. The summed E-state index contributed by atoms with van der Waals surface area (Å²) in [6, 6.07) is 13.3. The Morgan fingerprint density at radius 3 is 2.62 bits per heavy atom. The third kappa shape index (κ3) is 2.16. The number of phenolic OH excluding ortho intramolecular Hbond substituents is 1. The smallest absolute Gasteiger partial charge is 0.115 e. The van der Waals surface area contributed by atoms with Crippen LogP contribution in [0.2, 0.25) is 0 Å². The van der Waals surface area contributed by atoms with E-state index >= 15 is 0 Å². The van der Waals surface area contributed by atoms with Crippen molar-refractivity contribution >= 4 is 5.69 Å². The zero-order chi connectivity index (χ0) is 11.5. The second-order valence-electron chi connectivity index (χ2n) is 3.99. The Hall–Kier alpha value is -1.96. The zero-order valence-corrected chi connectivity index (χ0v) is 9.27. The highest BCUT2D eigenvalue weighted by Crippen LogP contribution is 2.21. The van der Waals surface area contributed by atoms with Crippen molar-refractivity contribution in [1.82, 2.24) is 0 Å². The van der Waals surface area contributed by atoms with Crippen LogP contribution in [0.25, 0.3) is 0 Å². The highest BCUT2D eigenvalue weighted by molar-refractivity contribution is 5.54. The normalized spacial score (nSPS) is 10.3. The number of phenols is 1. The Kier molecular flexibility index (Phi) is 2.82. The summed E-state index contributed by atoms with van der Waals surface area (Å²) >= 11 is 0. The number of rotatable bonds is 2. The molecule has 0 amide bonds. The molecule has 82 valence electrons. The van der Waals surface area contributed by atoms with Crippen molar-refractivity contribution in [2.75, 3.05) is 5.73 Å². The molecule has 0 aliphatic heterocycles. The molecule has 0 aliphatic rings. The first-order valence-corrected chi connectivity index (χ1v) is 5.28. The number of aryl methyl sites for hydroxylation is 1. The van der Waals surface area contributed by atoms with Gasteiger partial charge in [-0.25, -0.2) is 0 Å². The maximum absolute atomic E-state index is 9.38. The molecule has 0 aliphatic carbocycles. The van der Waals surface area contributed by atoms with Crippen LogP contribution in [0.1, 0.15) is 16.7 Å². The number of benzene rings is 2. The number of hydrogen-bond acceptors (Lipinski definition) is 2. The molecular formula is C14H15NO. The van der Waals surface area contributed by atoms with E-state index in [-0.39, 0.29) is 0 Å². The van der Waals surface area contributed by atoms with Gasteiger partial charge in [-0.15, -0.1) is 0 Å². The summed E-state index contributed by atoms with van der Waals surface area (Å²) in [5, 5.41) is 9.38. The molecule has 0 heterocycles. The van der Waals surface area contributed by atoms with Crippen molar-refractivity contribution in [1.29, 1.82) is 0 Å². The van der Waals surface area contributed by atoms with Crippen LogP contribution in [0.15, 0.2) is 42.5 Å². The summed E-state index contributed by atoms with van der Waals surface area (Å²) < 4.78 is 0. The third-order valence-electron chi connectivity index (χ3n) is 2.72. The maximum Gasteiger partial charge on any atom is 0.115 e. The predicted octanol–water partition coefficient (Wildman–Crippen LogP) is 2.87. The molecule has 2 heteroatoms. The number of para-hydroxylation sites is 1. The van der Waals surface area contributed by atoms with Crippen LogP contribution in [-0.2, 0) is 6.42 Å². The highest BCUT2D eigenvalue weighted by Gasteiger charge is 2.03. The first-order chi connectivity index (χ1) is 7.66. The van der Waals surface area contributed by atoms with Crippen LogP contribution in [-0.4, -0.2) is 5.11 Å². The van der Waals surface area contributed by atoms with Gasteiger partial charge in [0.05, 0.1) is 0 Å². The Morgan fingerprint density at radius 1 is 1.12 bits per heavy atom. The van der Waals surface area contributed by atoms with Gasteiger partial charge in [0.25, 0.3) is 0 Å². The van der Waals surface area contributed by atoms with Gasteiger partial charge in [-0.05, 0) is 42.2 Å². The number of nitrogens with two attached hydrogens (primary N) is 1. The molecule has 2 aromatic rings. The van der Waals surface area contributed by atoms with Crippen LogP contribution in [0.5, 0.6) is 5.75 Å². The number of aromatic hydroxyl groups is 1. The predicted molar refractivity (Wildman–Crippen MR) is 66.5 cm³/mol. The molecule has 0 bridgehead atoms. The number of hydrogen-bond donors (Lipinski definition) is 2. The van der Waals surface area contributed by atoms with Crippen LogP contribution < -0.4 is 5.73 Å². The molecule has 2 aromatic carbocycles. The highest BCUT2D eigenvalue weighted by atomic mass is 16.3. The summed E-state index contributed by atoms with van der Waals surface area (Å²) in [5.74, 6) is 0.295. The molecule has 3 N–H and O–H groups in total. The first-order valence-electron chi connectivity index (χ1n) is 5.28. The lowest BCUT2D eigenvalue weighted by Gasteiger charge is -2.08. The van der Waals surface area contributed by atoms with Gasteiger partial charge in [0.15, 0.2) is 0 Å². The molecule has 2 rings (SSSR count). The lowest BCUT2D eigenvalue weighted by Crippen LogP contribution is -1.97. The summed E-state index contributed by atoms with van der Waals surface area (Å²) in [4.78, 5) is 0. The van der Waals surface area contributed by atoms with E-state index in [4.69, 9.17) is 5.73 Å². The van der Waals surface area contributed by atoms with Crippen molar-refractivity contribution in [3.05, 3.63) is 59.2 Å². The van der Waals surface area contributed by atoms with E-state index in [2.05, 4.69) is 0 Å². The van der Waals surface area contributed by atoms with Crippen LogP contribution in [0.4, 0.5) is 5.69 Å². The summed E-state index contributed by atoms with van der Waals surface area (Å²) in [6.07, 6.45) is 0.752. The number of nitrogen functional groups attached to an aromatic ring is 1. The molecule has 0 saturated carbocycles. The van der Waals surface area contributed by atoms with Crippen molar-refractivity contribution in [3.63, 3.8) is 0 Å². The van der Waals surface area contributed by atoms with Crippen molar-refractivity contribution in [2.45, 2.75) is 13.3 Å². The van der Waals surface area contributed by atoms with Gasteiger partial charge in [0.2, 0.25) is 0 Å². The van der Waals surface area contributed by atoms with Gasteiger partial charge in [0, 0.05) is 5.69 Å². The second-order valence-corrected chi connectivity index (χ2v) is 3.99. The Balaban J connectivity index is 2.31. The van der Waals surface area contributed by atoms with Crippen molar-refractivity contribution < 1.29 is 5.11 Å².